The molecule has 3 amide bonds. The first-order valence-electron chi connectivity index (χ1n) is 7.82. The van der Waals surface area contributed by atoms with Gasteiger partial charge < -0.3 is 19.2 Å². The Kier molecular flexibility index (Phi) is 4.23. The van der Waals surface area contributed by atoms with Gasteiger partial charge in [0.2, 0.25) is 5.76 Å². The number of urea groups is 1. The van der Waals surface area contributed by atoms with Crippen LogP contribution in [0.15, 0.2) is 16.5 Å². The normalized spacial score (nSPS) is 22.7. The van der Waals surface area contributed by atoms with E-state index in [1.165, 1.54) is 19.2 Å². The molecule has 1 aliphatic carbocycles. The maximum Gasteiger partial charge on any atom is 0.373 e. The first kappa shape index (κ1) is 17.0. The van der Waals surface area contributed by atoms with Gasteiger partial charge in [0.05, 0.1) is 7.11 Å². The molecule has 2 heterocycles. The molecule has 3 rings (SSSR count). The van der Waals surface area contributed by atoms with Crippen molar-refractivity contribution in [2.75, 3.05) is 13.7 Å². The molecule has 0 radical (unpaired) electrons. The molecule has 1 unspecified atom stereocenters. The van der Waals surface area contributed by atoms with Crippen molar-refractivity contribution in [1.82, 2.24) is 10.2 Å². The van der Waals surface area contributed by atoms with Crippen LogP contribution in [0.3, 0.4) is 0 Å². The van der Waals surface area contributed by atoms with E-state index in [0.29, 0.717) is 0 Å². The second kappa shape index (κ2) is 6.23. The molecule has 0 bridgehead atoms. The smallest absolute Gasteiger partial charge is 0.373 e. The fourth-order valence-electron chi connectivity index (χ4n) is 2.79. The van der Waals surface area contributed by atoms with Crippen LogP contribution in [0, 0.1) is 5.92 Å². The zero-order chi connectivity index (χ0) is 18.2. The summed E-state index contributed by atoms with van der Waals surface area (Å²) < 4.78 is 14.7. The average Bonchev–Trinajstić information content (AvgIpc) is 3.30. The number of methoxy groups -OCH3 is 1. The number of hydrogen-bond donors (Lipinski definition) is 1. The first-order valence-corrected chi connectivity index (χ1v) is 7.82. The van der Waals surface area contributed by atoms with E-state index in [9.17, 15) is 19.2 Å². The number of carbonyl (C=O) groups is 4. The molecule has 9 heteroatoms. The molecule has 2 aliphatic rings. The molecule has 1 N–H and O–H groups in total. The van der Waals surface area contributed by atoms with Crippen LogP contribution in [0.4, 0.5) is 4.79 Å². The fraction of sp³-hybridized carbons (Fsp3) is 0.500. The Balaban J connectivity index is 1.54. The number of furan rings is 1. The van der Waals surface area contributed by atoms with Crippen molar-refractivity contribution in [3.63, 3.8) is 0 Å². The zero-order valence-corrected chi connectivity index (χ0v) is 13.9. The zero-order valence-electron chi connectivity index (χ0n) is 13.9. The van der Waals surface area contributed by atoms with Gasteiger partial charge >= 0.3 is 18.0 Å². The van der Waals surface area contributed by atoms with Gasteiger partial charge in [0.25, 0.3) is 5.91 Å². The predicted molar refractivity (Wildman–Crippen MR) is 81.2 cm³/mol. The maximum atomic E-state index is 12.4. The van der Waals surface area contributed by atoms with Gasteiger partial charge in [0.1, 0.15) is 24.5 Å². The highest BCUT2D eigenvalue weighted by molar-refractivity contribution is 6.08. The summed E-state index contributed by atoms with van der Waals surface area (Å²) in [5.41, 5.74) is -0.937. The van der Waals surface area contributed by atoms with Crippen molar-refractivity contribution >= 4 is 23.9 Å². The van der Waals surface area contributed by atoms with Crippen LogP contribution in [0.25, 0.3) is 0 Å². The van der Waals surface area contributed by atoms with Crippen LogP contribution in [0.2, 0.25) is 0 Å². The minimum Gasteiger partial charge on any atom is -0.463 e. The van der Waals surface area contributed by atoms with E-state index in [1.807, 2.05) is 0 Å². The third-order valence-corrected chi connectivity index (χ3v) is 4.41. The molecule has 1 saturated carbocycles. The number of esters is 2. The second-order valence-corrected chi connectivity index (χ2v) is 6.22. The summed E-state index contributed by atoms with van der Waals surface area (Å²) in [5.74, 6) is -1.46. The van der Waals surface area contributed by atoms with Gasteiger partial charge in [-0.05, 0) is 37.8 Å². The van der Waals surface area contributed by atoms with Crippen molar-refractivity contribution in [2.24, 2.45) is 5.92 Å². The Morgan fingerprint density at radius 1 is 1.36 bits per heavy atom. The third kappa shape index (κ3) is 3.21. The predicted octanol–water partition coefficient (Wildman–Crippen LogP) is 0.830. The van der Waals surface area contributed by atoms with Crippen LogP contribution >= 0.6 is 0 Å². The van der Waals surface area contributed by atoms with E-state index in [-0.39, 0.29) is 24.0 Å². The van der Waals surface area contributed by atoms with Gasteiger partial charge in [-0.15, -0.1) is 0 Å². The molecule has 0 spiro atoms. The Labute approximate surface area is 143 Å². The lowest BCUT2D eigenvalue weighted by molar-refractivity contribution is -0.149. The number of amides is 3. The highest BCUT2D eigenvalue weighted by Crippen LogP contribution is 2.42. The van der Waals surface area contributed by atoms with Crippen molar-refractivity contribution in [3.05, 3.63) is 23.7 Å². The summed E-state index contributed by atoms with van der Waals surface area (Å²) in [6.07, 6.45) is 1.75. The van der Waals surface area contributed by atoms with Crippen LogP contribution in [0.1, 0.15) is 36.1 Å². The topological polar surface area (TPSA) is 115 Å². The standard InChI is InChI=1S/C16H18N2O7/c1-16(9-3-4-9)14(21)18(15(22)17-16)7-12(19)24-8-10-5-6-11(25-10)13(20)23-2/h5-6,9H,3-4,7-8H2,1-2H3,(H,17,22). The second-order valence-electron chi connectivity index (χ2n) is 6.22. The first-order chi connectivity index (χ1) is 11.8. The van der Waals surface area contributed by atoms with E-state index < -0.39 is 36.0 Å². The van der Waals surface area contributed by atoms with Crippen molar-refractivity contribution in [2.45, 2.75) is 31.9 Å². The summed E-state index contributed by atoms with van der Waals surface area (Å²) in [6, 6.07) is 2.27. The molecule has 2 fully saturated rings. The Morgan fingerprint density at radius 3 is 2.72 bits per heavy atom. The molecule has 9 nitrogen and oxygen atoms in total. The van der Waals surface area contributed by atoms with E-state index >= 15 is 0 Å². The molecule has 1 saturated heterocycles. The quantitative estimate of drug-likeness (QED) is 0.597. The van der Waals surface area contributed by atoms with E-state index in [0.717, 1.165) is 17.7 Å². The molecule has 1 aromatic rings. The molecule has 25 heavy (non-hydrogen) atoms. The van der Waals surface area contributed by atoms with E-state index in [1.54, 1.807) is 6.92 Å². The van der Waals surface area contributed by atoms with Crippen molar-refractivity contribution < 1.29 is 33.1 Å². The Bertz CT molecular complexity index is 737. The summed E-state index contributed by atoms with van der Waals surface area (Å²) >= 11 is 0. The molecule has 1 aliphatic heterocycles. The fourth-order valence-corrected chi connectivity index (χ4v) is 2.79. The minimum absolute atomic E-state index is 0.0113. The molecular formula is C16H18N2O7. The Hall–Kier alpha value is -2.84. The van der Waals surface area contributed by atoms with Gasteiger partial charge in [0, 0.05) is 0 Å². The molecule has 0 aromatic carbocycles. The number of ether oxygens (including phenoxy) is 2. The number of carbonyl (C=O) groups excluding carboxylic acids is 4. The Morgan fingerprint density at radius 2 is 2.08 bits per heavy atom. The van der Waals surface area contributed by atoms with Gasteiger partial charge in [-0.1, -0.05) is 0 Å². The minimum atomic E-state index is -0.937. The maximum absolute atomic E-state index is 12.4. The number of nitrogens with zero attached hydrogens (tertiary/aromatic N) is 1. The summed E-state index contributed by atoms with van der Waals surface area (Å²) in [5, 5.41) is 2.65. The SMILES string of the molecule is COC(=O)c1ccc(COC(=O)CN2C(=O)NC(C)(C3CC3)C2=O)o1. The van der Waals surface area contributed by atoms with Gasteiger partial charge in [-0.2, -0.15) is 0 Å². The third-order valence-electron chi connectivity index (χ3n) is 4.41. The van der Waals surface area contributed by atoms with E-state index in [4.69, 9.17) is 9.15 Å². The van der Waals surface area contributed by atoms with Gasteiger partial charge in [-0.3, -0.25) is 14.5 Å². The molecular weight excluding hydrogens is 332 g/mol. The van der Waals surface area contributed by atoms with Crippen molar-refractivity contribution in [1.29, 1.82) is 0 Å². The van der Waals surface area contributed by atoms with Crippen LogP contribution in [-0.2, 0) is 25.7 Å². The van der Waals surface area contributed by atoms with Gasteiger partial charge in [0.15, 0.2) is 0 Å². The summed E-state index contributed by atoms with van der Waals surface area (Å²) in [4.78, 5) is 48.4. The summed E-state index contributed by atoms with van der Waals surface area (Å²) in [6.45, 7) is 0.977. The monoisotopic (exact) mass is 350 g/mol. The lowest BCUT2D eigenvalue weighted by Gasteiger charge is -2.20. The highest BCUT2D eigenvalue weighted by Gasteiger charge is 2.56. The van der Waals surface area contributed by atoms with E-state index in [2.05, 4.69) is 10.1 Å². The summed E-state index contributed by atoms with van der Waals surface area (Å²) in [7, 11) is 1.22. The van der Waals surface area contributed by atoms with Crippen LogP contribution < -0.4 is 5.32 Å². The molecule has 1 aromatic heterocycles. The number of rotatable bonds is 6. The number of imide groups is 1. The lowest BCUT2D eigenvalue weighted by atomic mass is 9.96. The number of hydrogen-bond acceptors (Lipinski definition) is 7. The average molecular weight is 350 g/mol. The van der Waals surface area contributed by atoms with Crippen molar-refractivity contribution in [3.8, 4) is 0 Å². The molecule has 134 valence electrons. The van der Waals surface area contributed by atoms with Gasteiger partial charge in [-0.25, -0.2) is 9.59 Å². The highest BCUT2D eigenvalue weighted by atomic mass is 16.6. The largest absolute Gasteiger partial charge is 0.463 e. The lowest BCUT2D eigenvalue weighted by Crippen LogP contribution is -2.46. The number of nitrogens with one attached hydrogen (secondary N) is 1. The van der Waals surface area contributed by atoms with Crippen LogP contribution in [-0.4, -0.2) is 48.0 Å². The van der Waals surface area contributed by atoms with Crippen LogP contribution in [0.5, 0.6) is 0 Å². The molecule has 1 atom stereocenters.